The lowest BCUT2D eigenvalue weighted by Crippen LogP contribution is -2.47. The van der Waals surface area contributed by atoms with Gasteiger partial charge in [-0.2, -0.15) is 0 Å². The Morgan fingerprint density at radius 3 is 2.32 bits per heavy atom. The van der Waals surface area contributed by atoms with E-state index in [4.69, 9.17) is 4.74 Å². The largest absolute Gasteiger partial charge is 0.378 e. The second kappa shape index (κ2) is 7.08. The summed E-state index contributed by atoms with van der Waals surface area (Å²) in [6, 6.07) is 0.683. The van der Waals surface area contributed by atoms with Crippen molar-refractivity contribution in [3.8, 4) is 0 Å². The molecule has 1 aliphatic carbocycles. The van der Waals surface area contributed by atoms with Gasteiger partial charge in [0.15, 0.2) is 0 Å². The van der Waals surface area contributed by atoms with Gasteiger partial charge >= 0.3 is 0 Å². The first kappa shape index (κ1) is 15.3. The molecule has 0 aromatic rings. The van der Waals surface area contributed by atoms with Crippen molar-refractivity contribution in [1.82, 2.24) is 5.32 Å². The Morgan fingerprint density at radius 1 is 1.11 bits per heavy atom. The van der Waals surface area contributed by atoms with Gasteiger partial charge in [0, 0.05) is 18.6 Å². The third kappa shape index (κ3) is 3.95. The number of ether oxygens (including phenoxy) is 1. The molecule has 2 aliphatic rings. The van der Waals surface area contributed by atoms with E-state index in [0.29, 0.717) is 12.1 Å². The molecule has 0 radical (unpaired) electrons. The van der Waals surface area contributed by atoms with Crippen LogP contribution < -0.4 is 5.32 Å². The molecule has 5 unspecified atom stereocenters. The van der Waals surface area contributed by atoms with Gasteiger partial charge in [-0.25, -0.2) is 0 Å². The van der Waals surface area contributed by atoms with Crippen LogP contribution in [0.1, 0.15) is 59.8 Å². The van der Waals surface area contributed by atoms with Gasteiger partial charge in [0.2, 0.25) is 0 Å². The van der Waals surface area contributed by atoms with Crippen molar-refractivity contribution < 1.29 is 4.74 Å². The normalized spacial score (nSPS) is 41.4. The minimum absolute atomic E-state index is 0.446. The SMILES string of the molecule is CCCNC(C1CC(C)CC(C)C1)C1CCOC1C. The first-order chi connectivity index (χ1) is 9.11. The average Bonchev–Trinajstić information content (AvgIpc) is 2.75. The molecule has 0 aromatic carbocycles. The van der Waals surface area contributed by atoms with Crippen molar-refractivity contribution in [3.63, 3.8) is 0 Å². The van der Waals surface area contributed by atoms with Crippen LogP contribution in [0, 0.1) is 23.7 Å². The first-order valence-electron chi connectivity index (χ1n) is 8.46. The van der Waals surface area contributed by atoms with Crippen LogP contribution in [0.25, 0.3) is 0 Å². The van der Waals surface area contributed by atoms with Crippen molar-refractivity contribution >= 4 is 0 Å². The molecule has 0 bridgehead atoms. The number of nitrogens with one attached hydrogen (secondary N) is 1. The number of rotatable bonds is 5. The molecule has 1 saturated carbocycles. The van der Waals surface area contributed by atoms with Gasteiger partial charge in [0.1, 0.15) is 0 Å². The minimum atomic E-state index is 0.446. The summed E-state index contributed by atoms with van der Waals surface area (Å²) in [4.78, 5) is 0. The Labute approximate surface area is 119 Å². The molecule has 2 fully saturated rings. The minimum Gasteiger partial charge on any atom is -0.378 e. The quantitative estimate of drug-likeness (QED) is 0.817. The Hall–Kier alpha value is -0.0800. The molecule has 19 heavy (non-hydrogen) atoms. The molecule has 0 aromatic heterocycles. The fourth-order valence-corrected chi connectivity index (χ4v) is 4.50. The van der Waals surface area contributed by atoms with Gasteiger partial charge in [0.25, 0.3) is 0 Å². The maximum absolute atomic E-state index is 5.83. The molecule has 1 aliphatic heterocycles. The lowest BCUT2D eigenvalue weighted by molar-refractivity contribution is 0.0717. The summed E-state index contributed by atoms with van der Waals surface area (Å²) in [5, 5.41) is 3.87. The topological polar surface area (TPSA) is 21.3 Å². The predicted molar refractivity (Wildman–Crippen MR) is 81.3 cm³/mol. The van der Waals surface area contributed by atoms with Crippen LogP contribution >= 0.6 is 0 Å². The zero-order valence-corrected chi connectivity index (χ0v) is 13.3. The van der Waals surface area contributed by atoms with E-state index < -0.39 is 0 Å². The number of hydrogen-bond donors (Lipinski definition) is 1. The van der Waals surface area contributed by atoms with Gasteiger partial charge in [0.05, 0.1) is 6.10 Å². The number of hydrogen-bond acceptors (Lipinski definition) is 2. The molecular weight excluding hydrogens is 234 g/mol. The molecule has 2 nitrogen and oxygen atoms in total. The molecule has 0 spiro atoms. The maximum Gasteiger partial charge on any atom is 0.0590 e. The van der Waals surface area contributed by atoms with Crippen molar-refractivity contribution in [1.29, 1.82) is 0 Å². The van der Waals surface area contributed by atoms with E-state index in [1.807, 2.05) is 0 Å². The molecular formula is C17H33NO. The lowest BCUT2D eigenvalue weighted by atomic mass is 9.70. The van der Waals surface area contributed by atoms with E-state index in [1.54, 1.807) is 0 Å². The third-order valence-electron chi connectivity index (χ3n) is 5.25. The Balaban J connectivity index is 2.03. The fraction of sp³-hybridized carbons (Fsp3) is 1.00. The fourth-order valence-electron chi connectivity index (χ4n) is 4.50. The van der Waals surface area contributed by atoms with E-state index >= 15 is 0 Å². The molecule has 1 N–H and O–H groups in total. The maximum atomic E-state index is 5.83. The summed E-state index contributed by atoms with van der Waals surface area (Å²) in [6.45, 7) is 11.5. The van der Waals surface area contributed by atoms with Gasteiger partial charge in [-0.3, -0.25) is 0 Å². The highest BCUT2D eigenvalue weighted by molar-refractivity contribution is 4.92. The van der Waals surface area contributed by atoms with Crippen LogP contribution in [0.3, 0.4) is 0 Å². The Morgan fingerprint density at radius 2 is 1.79 bits per heavy atom. The highest BCUT2D eigenvalue weighted by atomic mass is 16.5. The standard InChI is InChI=1S/C17H33NO/c1-5-7-18-17(16-6-8-19-14(16)4)15-10-12(2)9-13(3)11-15/h12-18H,5-11H2,1-4H3. The smallest absolute Gasteiger partial charge is 0.0590 e. The highest BCUT2D eigenvalue weighted by Gasteiger charge is 2.38. The van der Waals surface area contributed by atoms with Crippen molar-refractivity contribution in [3.05, 3.63) is 0 Å². The van der Waals surface area contributed by atoms with E-state index in [-0.39, 0.29) is 0 Å². The van der Waals surface area contributed by atoms with Crippen molar-refractivity contribution in [2.24, 2.45) is 23.7 Å². The van der Waals surface area contributed by atoms with Crippen LogP contribution in [0.4, 0.5) is 0 Å². The average molecular weight is 267 g/mol. The van der Waals surface area contributed by atoms with Crippen LogP contribution in [0.5, 0.6) is 0 Å². The third-order valence-corrected chi connectivity index (χ3v) is 5.25. The Bertz CT molecular complexity index is 258. The summed E-state index contributed by atoms with van der Waals surface area (Å²) < 4.78 is 5.83. The molecule has 1 heterocycles. The van der Waals surface area contributed by atoms with Crippen LogP contribution in [0.2, 0.25) is 0 Å². The monoisotopic (exact) mass is 267 g/mol. The molecule has 2 rings (SSSR count). The second-order valence-corrected chi connectivity index (χ2v) is 7.19. The molecule has 2 heteroatoms. The lowest BCUT2D eigenvalue weighted by Gasteiger charge is -2.40. The molecule has 112 valence electrons. The predicted octanol–water partition coefficient (Wildman–Crippen LogP) is 3.85. The zero-order valence-electron chi connectivity index (χ0n) is 13.3. The van der Waals surface area contributed by atoms with Crippen LogP contribution in [-0.2, 0) is 4.74 Å². The Kier molecular flexibility index (Phi) is 5.70. The van der Waals surface area contributed by atoms with Gasteiger partial charge in [-0.15, -0.1) is 0 Å². The molecule has 0 amide bonds. The highest BCUT2D eigenvalue weighted by Crippen LogP contribution is 2.39. The van der Waals surface area contributed by atoms with Crippen LogP contribution in [-0.4, -0.2) is 25.3 Å². The summed E-state index contributed by atoms with van der Waals surface area (Å²) in [5.41, 5.74) is 0. The van der Waals surface area contributed by atoms with E-state index in [1.165, 1.54) is 32.1 Å². The summed E-state index contributed by atoms with van der Waals surface area (Å²) in [7, 11) is 0. The summed E-state index contributed by atoms with van der Waals surface area (Å²) in [5.74, 6) is 3.39. The molecule has 5 atom stereocenters. The van der Waals surface area contributed by atoms with Crippen molar-refractivity contribution in [2.75, 3.05) is 13.2 Å². The first-order valence-corrected chi connectivity index (χ1v) is 8.46. The van der Waals surface area contributed by atoms with Crippen LogP contribution in [0.15, 0.2) is 0 Å². The van der Waals surface area contributed by atoms with E-state index in [9.17, 15) is 0 Å². The van der Waals surface area contributed by atoms with Crippen molar-refractivity contribution in [2.45, 2.75) is 71.9 Å². The van der Waals surface area contributed by atoms with E-state index in [0.717, 1.165) is 36.8 Å². The van der Waals surface area contributed by atoms with Gasteiger partial charge in [-0.1, -0.05) is 20.8 Å². The van der Waals surface area contributed by atoms with Gasteiger partial charge < -0.3 is 10.1 Å². The zero-order chi connectivity index (χ0) is 13.8. The summed E-state index contributed by atoms with van der Waals surface area (Å²) in [6.07, 6.45) is 7.18. The second-order valence-electron chi connectivity index (χ2n) is 7.19. The molecule has 1 saturated heterocycles. The summed E-state index contributed by atoms with van der Waals surface area (Å²) >= 11 is 0. The van der Waals surface area contributed by atoms with Gasteiger partial charge in [-0.05, 0) is 63.3 Å². The van der Waals surface area contributed by atoms with E-state index in [2.05, 4.69) is 33.0 Å².